The molecule has 0 amide bonds. The molecule has 0 atom stereocenters. The van der Waals surface area contributed by atoms with Gasteiger partial charge in [0.15, 0.2) is 0 Å². The lowest BCUT2D eigenvalue weighted by molar-refractivity contribution is -0.140. The molecule has 0 aliphatic carbocycles. The van der Waals surface area contributed by atoms with Crippen molar-refractivity contribution in [1.29, 1.82) is 0 Å². The number of carbonyl (C=O) groups is 1. The Labute approximate surface area is 57.8 Å². The number of esters is 1. The first-order valence-electron chi connectivity index (χ1n) is 3.11. The number of ether oxygens (including phenoxy) is 1. The van der Waals surface area contributed by atoms with Crippen molar-refractivity contribution in [3.05, 3.63) is 0 Å². The Morgan fingerprint density at radius 3 is 2.44 bits per heavy atom. The monoisotopic (exact) mass is 145 g/mol. The van der Waals surface area contributed by atoms with Crippen molar-refractivity contribution in [3.8, 4) is 0 Å². The van der Waals surface area contributed by atoms with E-state index in [9.17, 15) is 4.79 Å². The van der Waals surface area contributed by atoms with Gasteiger partial charge in [0.1, 0.15) is 0 Å². The largest absolute Gasteiger partial charge is 0.466 e. The molecule has 0 aromatic rings. The molecule has 0 spiro atoms. The molecule has 2 nitrogen and oxygen atoms in total. The highest BCUT2D eigenvalue weighted by atomic mass is 28.3. The maximum absolute atomic E-state index is 10.7. The van der Waals surface area contributed by atoms with Crippen molar-refractivity contribution < 1.29 is 9.53 Å². The van der Waals surface area contributed by atoms with Crippen LogP contribution < -0.4 is 0 Å². The zero-order chi connectivity index (χ0) is 7.28. The van der Waals surface area contributed by atoms with E-state index >= 15 is 0 Å². The lowest BCUT2D eigenvalue weighted by Gasteiger charge is -2.01. The van der Waals surface area contributed by atoms with Gasteiger partial charge in [-0.05, 0) is 6.92 Å². The third-order valence-corrected chi connectivity index (χ3v) is 1.80. The van der Waals surface area contributed by atoms with Gasteiger partial charge < -0.3 is 4.74 Å². The van der Waals surface area contributed by atoms with Crippen molar-refractivity contribution in [2.75, 3.05) is 6.61 Å². The summed E-state index contributed by atoms with van der Waals surface area (Å²) in [6.07, 6.45) is 0. The van der Waals surface area contributed by atoms with Gasteiger partial charge in [-0.25, -0.2) is 0 Å². The second kappa shape index (κ2) is 4.55. The van der Waals surface area contributed by atoms with Crippen LogP contribution in [0.5, 0.6) is 0 Å². The van der Waals surface area contributed by atoms with Gasteiger partial charge in [0.05, 0.1) is 15.4 Å². The highest BCUT2D eigenvalue weighted by Crippen LogP contribution is 1.93. The molecule has 0 saturated carbocycles. The fourth-order valence-corrected chi connectivity index (χ4v) is 1.18. The molecule has 3 heteroatoms. The second-order valence-electron chi connectivity index (χ2n) is 2.19. The van der Waals surface area contributed by atoms with Crippen molar-refractivity contribution >= 4 is 14.8 Å². The second-order valence-corrected chi connectivity index (χ2v) is 4.96. The average molecular weight is 145 g/mol. The molecule has 1 radical (unpaired) electrons. The van der Waals surface area contributed by atoms with Crippen LogP contribution in [-0.4, -0.2) is 21.4 Å². The summed E-state index contributed by atoms with van der Waals surface area (Å²) in [7, 11) is -0.430. The topological polar surface area (TPSA) is 26.3 Å². The molecule has 53 valence electrons. The average Bonchev–Trinajstić information content (AvgIpc) is 1.63. The molecule has 0 aromatic heterocycles. The van der Waals surface area contributed by atoms with E-state index in [0.29, 0.717) is 12.7 Å². The lowest BCUT2D eigenvalue weighted by Crippen LogP contribution is -2.11. The minimum absolute atomic E-state index is 0.0450. The zero-order valence-corrected chi connectivity index (χ0v) is 7.23. The first-order chi connectivity index (χ1) is 4.16. The van der Waals surface area contributed by atoms with Crippen LogP contribution in [0.2, 0.25) is 19.1 Å². The first-order valence-corrected chi connectivity index (χ1v) is 5.82. The van der Waals surface area contributed by atoms with Gasteiger partial charge >= 0.3 is 5.97 Å². The van der Waals surface area contributed by atoms with Crippen molar-refractivity contribution in [2.24, 2.45) is 0 Å². The molecule has 0 unspecified atom stereocenters. The number of carbonyl (C=O) groups excluding carboxylic acids is 1. The predicted molar refractivity (Wildman–Crippen MR) is 38.9 cm³/mol. The number of hydrogen-bond donors (Lipinski definition) is 0. The molecule has 0 saturated heterocycles. The summed E-state index contributed by atoms with van der Waals surface area (Å²) in [5.41, 5.74) is 0. The van der Waals surface area contributed by atoms with Crippen molar-refractivity contribution in [1.82, 2.24) is 0 Å². The lowest BCUT2D eigenvalue weighted by atomic mass is 10.8. The smallest absolute Gasteiger partial charge is 0.302 e. The van der Waals surface area contributed by atoms with Crippen LogP contribution in [0.25, 0.3) is 0 Å². The summed E-state index contributed by atoms with van der Waals surface area (Å²) in [5.74, 6) is -0.0450. The van der Waals surface area contributed by atoms with Gasteiger partial charge in [0.25, 0.3) is 0 Å². The van der Waals surface area contributed by atoms with Crippen LogP contribution in [0.3, 0.4) is 0 Å². The van der Waals surface area contributed by atoms with Crippen molar-refractivity contribution in [2.45, 2.75) is 26.1 Å². The fourth-order valence-electron chi connectivity index (χ4n) is 0.501. The van der Waals surface area contributed by atoms with E-state index in [1.165, 1.54) is 0 Å². The van der Waals surface area contributed by atoms with Gasteiger partial charge in [-0.3, -0.25) is 4.79 Å². The Balaban J connectivity index is 3.27. The first kappa shape index (κ1) is 8.69. The van der Waals surface area contributed by atoms with E-state index in [1.807, 2.05) is 6.92 Å². The quantitative estimate of drug-likeness (QED) is 0.442. The Hall–Kier alpha value is -0.313. The molecule has 0 heterocycles. The molecular weight excluding hydrogens is 132 g/mol. The van der Waals surface area contributed by atoms with Crippen LogP contribution in [0, 0.1) is 0 Å². The molecule has 0 rings (SSSR count). The Morgan fingerprint density at radius 2 is 2.11 bits per heavy atom. The maximum Gasteiger partial charge on any atom is 0.302 e. The molecular formula is C6H13O2Si. The fraction of sp³-hybridized carbons (Fsp3) is 0.833. The normalized spacial score (nSPS) is 9.78. The maximum atomic E-state index is 10.7. The van der Waals surface area contributed by atoms with Crippen LogP contribution in [-0.2, 0) is 9.53 Å². The molecule has 0 aliphatic heterocycles. The standard InChI is InChI=1S/C6H13O2Si/c1-4-8-6(7)5-9(2)3/h4-5H2,1-3H3. The minimum Gasteiger partial charge on any atom is -0.466 e. The van der Waals surface area contributed by atoms with E-state index in [-0.39, 0.29) is 5.97 Å². The number of hydrogen-bond acceptors (Lipinski definition) is 2. The highest BCUT2D eigenvalue weighted by molar-refractivity contribution is 6.59. The molecule has 0 N–H and O–H groups in total. The van der Waals surface area contributed by atoms with E-state index in [2.05, 4.69) is 13.1 Å². The van der Waals surface area contributed by atoms with Gasteiger partial charge in [0, 0.05) is 6.04 Å². The summed E-state index contributed by atoms with van der Waals surface area (Å²) in [5, 5.41) is 0. The molecule has 0 aliphatic rings. The Kier molecular flexibility index (Phi) is 4.40. The van der Waals surface area contributed by atoms with Crippen molar-refractivity contribution in [3.63, 3.8) is 0 Å². The molecule has 9 heavy (non-hydrogen) atoms. The summed E-state index contributed by atoms with van der Waals surface area (Å²) in [6, 6.07) is 0.637. The van der Waals surface area contributed by atoms with E-state index in [0.717, 1.165) is 0 Å². The summed E-state index contributed by atoms with van der Waals surface area (Å²) < 4.78 is 4.74. The third kappa shape index (κ3) is 5.56. The zero-order valence-electron chi connectivity index (χ0n) is 6.23. The van der Waals surface area contributed by atoms with Gasteiger partial charge in [-0.15, -0.1) is 0 Å². The van der Waals surface area contributed by atoms with Crippen LogP contribution in [0.4, 0.5) is 0 Å². The number of rotatable bonds is 3. The van der Waals surface area contributed by atoms with Crippen LogP contribution in [0.1, 0.15) is 6.92 Å². The van der Waals surface area contributed by atoms with Gasteiger partial charge in [-0.2, -0.15) is 0 Å². The Bertz CT molecular complexity index is 91.1. The minimum atomic E-state index is -0.430. The molecule has 0 fully saturated rings. The van der Waals surface area contributed by atoms with E-state index in [1.54, 1.807) is 0 Å². The summed E-state index contributed by atoms with van der Waals surface area (Å²) >= 11 is 0. The summed E-state index contributed by atoms with van der Waals surface area (Å²) in [4.78, 5) is 10.7. The van der Waals surface area contributed by atoms with Crippen LogP contribution >= 0.6 is 0 Å². The highest BCUT2D eigenvalue weighted by Gasteiger charge is 2.04. The van der Waals surface area contributed by atoms with E-state index in [4.69, 9.17) is 4.74 Å². The van der Waals surface area contributed by atoms with E-state index < -0.39 is 8.80 Å². The van der Waals surface area contributed by atoms with Gasteiger partial charge in [-0.1, -0.05) is 13.1 Å². The van der Waals surface area contributed by atoms with Gasteiger partial charge in [0.2, 0.25) is 0 Å². The Morgan fingerprint density at radius 1 is 1.56 bits per heavy atom. The predicted octanol–water partition coefficient (Wildman–Crippen LogP) is 1.30. The third-order valence-electron chi connectivity index (χ3n) is 0.803. The molecule has 0 bridgehead atoms. The van der Waals surface area contributed by atoms with Crippen LogP contribution in [0.15, 0.2) is 0 Å². The summed E-state index contributed by atoms with van der Waals surface area (Å²) in [6.45, 7) is 6.53. The molecule has 0 aromatic carbocycles. The SMILES string of the molecule is CCOC(=O)C[Si](C)C.